The lowest BCUT2D eigenvalue weighted by Gasteiger charge is -2.23. The zero-order chi connectivity index (χ0) is 22.1. The lowest BCUT2D eigenvalue weighted by atomic mass is 9.93. The van der Waals surface area contributed by atoms with Crippen LogP contribution in [-0.2, 0) is 9.59 Å². The lowest BCUT2D eigenvalue weighted by Crippen LogP contribution is -2.37. The summed E-state index contributed by atoms with van der Waals surface area (Å²) in [5.74, 6) is -2.44. The summed E-state index contributed by atoms with van der Waals surface area (Å²) < 4.78 is 0. The van der Waals surface area contributed by atoms with E-state index >= 15 is 0 Å². The summed E-state index contributed by atoms with van der Waals surface area (Å²) in [6.45, 7) is -0.236. The lowest BCUT2D eigenvalue weighted by molar-refractivity contribution is -0.139. The van der Waals surface area contributed by atoms with E-state index in [-0.39, 0.29) is 5.57 Å². The smallest absolute Gasteiger partial charge is 0.331 e. The van der Waals surface area contributed by atoms with Crippen LogP contribution in [-0.4, -0.2) is 116 Å². The first-order valence-electron chi connectivity index (χ1n) is 7.52. The number of aliphatic carboxylic acids is 2. The number of hydrogen-bond acceptors (Lipinski definition) is 10. The van der Waals surface area contributed by atoms with E-state index in [0.717, 1.165) is 0 Å². The number of carbonyl (C=O) groups is 2. The van der Waals surface area contributed by atoms with Gasteiger partial charge in [0.25, 0.3) is 0 Å². The molecule has 0 aromatic heterocycles. The summed E-state index contributed by atoms with van der Waals surface area (Å²) >= 11 is 0. The number of rotatable bonds is 11. The largest absolute Gasteiger partial charge is 0.481 e. The summed E-state index contributed by atoms with van der Waals surface area (Å²) in [6.07, 6.45) is -0.505. The minimum atomic E-state index is -1.27. The summed E-state index contributed by atoms with van der Waals surface area (Å²) in [4.78, 5) is 19.7. The molecule has 0 heterocycles. The van der Waals surface area contributed by atoms with E-state index in [4.69, 9.17) is 51.1 Å². The molecule has 0 aliphatic carbocycles. The number of aliphatic hydroxyl groups excluding tert-OH is 8. The van der Waals surface area contributed by atoms with E-state index in [9.17, 15) is 9.59 Å². The first-order chi connectivity index (χ1) is 12.5. The Morgan fingerprint density at radius 3 is 0.852 bits per heavy atom. The van der Waals surface area contributed by atoms with E-state index in [0.29, 0.717) is 0 Å². The molecule has 27 heavy (non-hydrogen) atoms. The van der Waals surface area contributed by atoms with Gasteiger partial charge >= 0.3 is 11.9 Å². The first-order valence-corrected chi connectivity index (χ1v) is 7.52. The summed E-state index contributed by atoms with van der Waals surface area (Å²) in [7, 11) is 0. The summed E-state index contributed by atoms with van der Waals surface area (Å²) in [5.41, 5.74) is -2.53. The van der Waals surface area contributed by atoms with E-state index in [1.165, 1.54) is 0 Å². The third kappa shape index (κ3) is 13.2. The molecule has 0 amide bonds. The van der Waals surface area contributed by atoms with Gasteiger partial charge in [-0.25, -0.2) is 4.79 Å². The number of aliphatic hydroxyl groups is 8. The maximum absolute atomic E-state index is 9.87. The van der Waals surface area contributed by atoms with E-state index in [1.54, 1.807) is 0 Å². The standard InChI is InChI=1S/2C5H12O4.C5H6O4/c2*6-1-5(2-7,3-8)4-9;1-3(5(8)9)2-4(6)7/h2*6-9H,1-4H2;1-2H2,(H,6,7)(H,8,9). The molecular formula is C15H30O12. The van der Waals surface area contributed by atoms with Crippen molar-refractivity contribution in [2.24, 2.45) is 10.8 Å². The van der Waals surface area contributed by atoms with Crippen LogP contribution in [0.25, 0.3) is 0 Å². The summed E-state index contributed by atoms with van der Waals surface area (Å²) in [6, 6.07) is 0. The Bertz CT molecular complexity index is 360. The van der Waals surface area contributed by atoms with Gasteiger partial charge in [-0.1, -0.05) is 6.58 Å². The monoisotopic (exact) mass is 402 g/mol. The van der Waals surface area contributed by atoms with Crippen molar-refractivity contribution >= 4 is 11.9 Å². The predicted molar refractivity (Wildman–Crippen MR) is 90.6 cm³/mol. The molecular weight excluding hydrogens is 372 g/mol. The molecule has 12 heteroatoms. The van der Waals surface area contributed by atoms with Crippen LogP contribution < -0.4 is 0 Å². The number of hydrogen-bond donors (Lipinski definition) is 10. The molecule has 0 rings (SSSR count). The van der Waals surface area contributed by atoms with Crippen molar-refractivity contribution in [2.75, 3.05) is 52.9 Å². The Morgan fingerprint density at radius 1 is 0.593 bits per heavy atom. The minimum absolute atomic E-state index is 0.303. The fourth-order valence-corrected chi connectivity index (χ4v) is 0.858. The third-order valence-electron chi connectivity index (χ3n) is 3.35. The van der Waals surface area contributed by atoms with Gasteiger partial charge in [0, 0.05) is 5.57 Å². The molecule has 0 aromatic rings. The third-order valence-corrected chi connectivity index (χ3v) is 3.35. The van der Waals surface area contributed by atoms with Crippen LogP contribution in [0, 0.1) is 10.8 Å². The van der Waals surface area contributed by atoms with Crippen LogP contribution in [0.2, 0.25) is 0 Å². The van der Waals surface area contributed by atoms with Crippen LogP contribution in [0.5, 0.6) is 0 Å². The molecule has 0 bridgehead atoms. The van der Waals surface area contributed by atoms with Gasteiger partial charge in [-0.05, 0) is 0 Å². The number of carboxylic acids is 2. The molecule has 0 radical (unpaired) electrons. The van der Waals surface area contributed by atoms with Crippen molar-refractivity contribution in [1.29, 1.82) is 0 Å². The van der Waals surface area contributed by atoms with Gasteiger partial charge < -0.3 is 51.1 Å². The van der Waals surface area contributed by atoms with Gasteiger partial charge in [-0.3, -0.25) is 4.79 Å². The Labute approximate surface area is 155 Å². The first kappa shape index (κ1) is 30.1. The fraction of sp³-hybridized carbons (Fsp3) is 0.733. The highest BCUT2D eigenvalue weighted by atomic mass is 16.4. The highest BCUT2D eigenvalue weighted by Gasteiger charge is 2.27. The molecule has 0 saturated carbocycles. The molecule has 0 spiro atoms. The number of carboxylic acid groups (broad SMARTS) is 2. The zero-order valence-corrected chi connectivity index (χ0v) is 14.9. The van der Waals surface area contributed by atoms with E-state index < -0.39 is 82.0 Å². The van der Waals surface area contributed by atoms with Crippen LogP contribution in [0.4, 0.5) is 0 Å². The van der Waals surface area contributed by atoms with Gasteiger partial charge in [0.2, 0.25) is 0 Å². The van der Waals surface area contributed by atoms with Gasteiger partial charge in [-0.2, -0.15) is 0 Å². The topological polar surface area (TPSA) is 236 Å². The van der Waals surface area contributed by atoms with Gasteiger partial charge in [0.05, 0.1) is 70.1 Å². The van der Waals surface area contributed by atoms with Crippen molar-refractivity contribution in [3.63, 3.8) is 0 Å². The highest BCUT2D eigenvalue weighted by molar-refractivity contribution is 5.91. The molecule has 0 fully saturated rings. The van der Waals surface area contributed by atoms with Gasteiger partial charge in [0.1, 0.15) is 0 Å². The van der Waals surface area contributed by atoms with E-state index in [1.807, 2.05) is 0 Å². The van der Waals surface area contributed by atoms with Crippen molar-refractivity contribution < 1.29 is 60.7 Å². The fourth-order valence-electron chi connectivity index (χ4n) is 0.858. The van der Waals surface area contributed by atoms with Crippen LogP contribution in [0.15, 0.2) is 12.2 Å². The van der Waals surface area contributed by atoms with Gasteiger partial charge in [-0.15, -0.1) is 0 Å². The molecule has 0 unspecified atom stereocenters. The second-order valence-electron chi connectivity index (χ2n) is 5.74. The molecule has 0 atom stereocenters. The van der Waals surface area contributed by atoms with Crippen LogP contribution >= 0.6 is 0 Å². The van der Waals surface area contributed by atoms with Crippen molar-refractivity contribution in [3.8, 4) is 0 Å². The minimum Gasteiger partial charge on any atom is -0.481 e. The Hall–Kier alpha value is -1.64. The Kier molecular flexibility index (Phi) is 18.4. The Balaban J connectivity index is -0.000000320. The quantitative estimate of drug-likeness (QED) is 0.149. The molecule has 0 aliphatic rings. The maximum Gasteiger partial charge on any atom is 0.331 e. The summed E-state index contributed by atoms with van der Waals surface area (Å²) in [5, 5.41) is 84.0. The second-order valence-corrected chi connectivity index (χ2v) is 5.74. The van der Waals surface area contributed by atoms with Crippen LogP contribution in [0.3, 0.4) is 0 Å². The SMILES string of the molecule is C=C(CC(=O)O)C(=O)O.OCC(CO)(CO)CO.OCC(CO)(CO)CO. The zero-order valence-electron chi connectivity index (χ0n) is 14.9. The Morgan fingerprint density at radius 2 is 0.815 bits per heavy atom. The molecule has 10 N–H and O–H groups in total. The van der Waals surface area contributed by atoms with E-state index in [2.05, 4.69) is 6.58 Å². The molecule has 162 valence electrons. The molecule has 0 saturated heterocycles. The maximum atomic E-state index is 9.87. The normalized spacial score (nSPS) is 10.8. The van der Waals surface area contributed by atoms with Crippen molar-refractivity contribution in [1.82, 2.24) is 0 Å². The highest BCUT2D eigenvalue weighted by Crippen LogP contribution is 2.12. The van der Waals surface area contributed by atoms with Crippen LogP contribution in [0.1, 0.15) is 6.42 Å². The second kappa shape index (κ2) is 16.5. The van der Waals surface area contributed by atoms with Gasteiger partial charge in [0.15, 0.2) is 0 Å². The average molecular weight is 402 g/mol. The van der Waals surface area contributed by atoms with Crippen molar-refractivity contribution in [2.45, 2.75) is 6.42 Å². The van der Waals surface area contributed by atoms with Crippen molar-refractivity contribution in [3.05, 3.63) is 12.2 Å². The average Bonchev–Trinajstić information content (AvgIpc) is 2.67. The molecule has 12 nitrogen and oxygen atoms in total. The molecule has 0 aromatic carbocycles. The predicted octanol–water partition coefficient (Wildman–Crippen LogP) is -4.01. The molecule has 0 aliphatic heterocycles.